The normalized spacial score (nSPS) is 40.9. The van der Waals surface area contributed by atoms with E-state index in [1.54, 1.807) is 13.2 Å². The predicted molar refractivity (Wildman–Crippen MR) is 81.0 cm³/mol. The SMILES string of the molecule is CCC(=O)OC1c2c(C)coc2C(=O)C23OC2CCC(C)C13C. The highest BCUT2D eigenvalue weighted by Gasteiger charge is 2.80. The molecule has 5 heteroatoms. The number of fused-ring (bicyclic) bond motifs is 1. The third-order valence-electron chi connectivity index (χ3n) is 6.32. The Morgan fingerprint density at radius 1 is 1.43 bits per heavy atom. The minimum atomic E-state index is -0.888. The monoisotopic (exact) mass is 318 g/mol. The number of ketones is 1. The van der Waals surface area contributed by atoms with Crippen molar-refractivity contribution in [1.29, 1.82) is 0 Å². The summed E-state index contributed by atoms with van der Waals surface area (Å²) in [6, 6.07) is 0. The number of hydrogen-bond donors (Lipinski definition) is 0. The lowest BCUT2D eigenvalue weighted by atomic mass is 9.53. The van der Waals surface area contributed by atoms with Crippen LogP contribution in [0.2, 0.25) is 0 Å². The Hall–Kier alpha value is -1.62. The summed E-state index contributed by atoms with van der Waals surface area (Å²) in [5, 5.41) is 0. The molecule has 1 saturated heterocycles. The van der Waals surface area contributed by atoms with E-state index in [1.807, 2.05) is 13.8 Å². The number of rotatable bonds is 2. The second kappa shape index (κ2) is 4.47. The van der Waals surface area contributed by atoms with Gasteiger partial charge in [-0.05, 0) is 31.2 Å². The van der Waals surface area contributed by atoms with Crippen LogP contribution in [-0.2, 0) is 14.3 Å². The minimum absolute atomic E-state index is 0.0801. The molecule has 5 unspecified atom stereocenters. The molecule has 0 bridgehead atoms. The number of aryl methyl sites for hydroxylation is 1. The second-order valence-electron chi connectivity index (χ2n) is 7.32. The summed E-state index contributed by atoms with van der Waals surface area (Å²) in [7, 11) is 0. The van der Waals surface area contributed by atoms with Gasteiger partial charge in [-0.1, -0.05) is 20.8 Å². The van der Waals surface area contributed by atoms with Gasteiger partial charge in [0, 0.05) is 12.0 Å². The number of epoxide rings is 1. The summed E-state index contributed by atoms with van der Waals surface area (Å²) in [6.45, 7) is 7.83. The Morgan fingerprint density at radius 3 is 2.87 bits per heavy atom. The zero-order valence-electron chi connectivity index (χ0n) is 14.0. The van der Waals surface area contributed by atoms with Gasteiger partial charge in [0.05, 0.1) is 17.8 Å². The van der Waals surface area contributed by atoms with Crippen molar-refractivity contribution in [1.82, 2.24) is 0 Å². The predicted octanol–water partition coefficient (Wildman–Crippen LogP) is 3.35. The highest BCUT2D eigenvalue weighted by Crippen LogP contribution is 2.69. The Labute approximate surface area is 135 Å². The summed E-state index contributed by atoms with van der Waals surface area (Å²) in [6.07, 6.45) is 3.13. The molecule has 5 nitrogen and oxygen atoms in total. The molecule has 5 atom stereocenters. The quantitative estimate of drug-likeness (QED) is 0.618. The van der Waals surface area contributed by atoms with Crippen molar-refractivity contribution in [3.63, 3.8) is 0 Å². The molecule has 2 fully saturated rings. The third-order valence-corrected chi connectivity index (χ3v) is 6.32. The average molecular weight is 318 g/mol. The molecule has 124 valence electrons. The molecule has 0 radical (unpaired) electrons. The van der Waals surface area contributed by atoms with Crippen molar-refractivity contribution < 1.29 is 23.5 Å². The van der Waals surface area contributed by atoms with Gasteiger partial charge in [0.1, 0.15) is 6.10 Å². The lowest BCUT2D eigenvalue weighted by Gasteiger charge is -2.49. The molecule has 0 amide bonds. The molecule has 1 aliphatic heterocycles. The van der Waals surface area contributed by atoms with Gasteiger partial charge in [-0.25, -0.2) is 0 Å². The van der Waals surface area contributed by atoms with Crippen LogP contribution in [0.1, 0.15) is 67.8 Å². The van der Waals surface area contributed by atoms with Gasteiger partial charge in [-0.15, -0.1) is 0 Å². The van der Waals surface area contributed by atoms with Crippen molar-refractivity contribution in [2.24, 2.45) is 11.3 Å². The van der Waals surface area contributed by atoms with Crippen molar-refractivity contribution in [3.8, 4) is 0 Å². The number of ether oxygens (including phenoxy) is 2. The van der Waals surface area contributed by atoms with Crippen molar-refractivity contribution >= 4 is 11.8 Å². The van der Waals surface area contributed by atoms with Crippen LogP contribution in [0.4, 0.5) is 0 Å². The van der Waals surface area contributed by atoms with Crippen LogP contribution < -0.4 is 0 Å². The first kappa shape index (κ1) is 14.9. The summed E-state index contributed by atoms with van der Waals surface area (Å²) >= 11 is 0. The first-order valence-electron chi connectivity index (χ1n) is 8.38. The molecule has 3 aliphatic rings. The van der Waals surface area contributed by atoms with Gasteiger partial charge in [0.2, 0.25) is 5.78 Å². The van der Waals surface area contributed by atoms with Crippen LogP contribution in [0.3, 0.4) is 0 Å². The van der Waals surface area contributed by atoms with E-state index in [1.165, 1.54) is 0 Å². The van der Waals surface area contributed by atoms with Crippen LogP contribution >= 0.6 is 0 Å². The molecule has 0 aromatic carbocycles. The number of furan rings is 1. The van der Waals surface area contributed by atoms with E-state index in [-0.39, 0.29) is 23.8 Å². The van der Waals surface area contributed by atoms with E-state index >= 15 is 0 Å². The van der Waals surface area contributed by atoms with Gasteiger partial charge in [-0.3, -0.25) is 9.59 Å². The van der Waals surface area contributed by atoms with Gasteiger partial charge in [0.15, 0.2) is 11.4 Å². The number of Topliss-reactive ketones (excluding diaryl/α,β-unsaturated/α-hetero) is 1. The standard InChI is InChI=1S/C18H22O5/c1-5-12(19)22-16-13-9(2)8-21-14(13)15(20)18-11(23-18)7-6-10(3)17(16,18)4/h8,10-11,16H,5-7H2,1-4H3. The van der Waals surface area contributed by atoms with E-state index in [4.69, 9.17) is 13.9 Å². The highest BCUT2D eigenvalue weighted by molar-refractivity contribution is 6.06. The number of hydrogen-bond acceptors (Lipinski definition) is 5. The van der Waals surface area contributed by atoms with Gasteiger partial charge in [-0.2, -0.15) is 0 Å². The minimum Gasteiger partial charge on any atom is -0.460 e. The van der Waals surface area contributed by atoms with E-state index in [2.05, 4.69) is 6.92 Å². The van der Waals surface area contributed by atoms with Crippen LogP contribution in [0, 0.1) is 18.3 Å². The molecule has 1 saturated carbocycles. The van der Waals surface area contributed by atoms with Crippen LogP contribution in [-0.4, -0.2) is 23.5 Å². The van der Waals surface area contributed by atoms with Gasteiger partial charge >= 0.3 is 5.97 Å². The fourth-order valence-electron chi connectivity index (χ4n) is 4.71. The molecular formula is C18H22O5. The summed E-state index contributed by atoms with van der Waals surface area (Å²) < 4.78 is 17.4. The van der Waals surface area contributed by atoms with Gasteiger partial charge < -0.3 is 13.9 Å². The van der Waals surface area contributed by atoms with Crippen molar-refractivity contribution in [2.45, 2.75) is 64.8 Å². The van der Waals surface area contributed by atoms with E-state index in [0.717, 1.165) is 24.0 Å². The molecule has 4 rings (SSSR count). The van der Waals surface area contributed by atoms with Crippen molar-refractivity contribution in [3.05, 3.63) is 23.2 Å². The Kier molecular flexibility index (Phi) is 2.90. The van der Waals surface area contributed by atoms with E-state index in [0.29, 0.717) is 12.2 Å². The van der Waals surface area contributed by atoms with Crippen molar-refractivity contribution in [2.75, 3.05) is 0 Å². The van der Waals surface area contributed by atoms with E-state index < -0.39 is 17.1 Å². The molecule has 2 aliphatic carbocycles. The largest absolute Gasteiger partial charge is 0.460 e. The summed E-state index contributed by atoms with van der Waals surface area (Å²) in [4.78, 5) is 25.2. The Bertz CT molecular complexity index is 704. The highest BCUT2D eigenvalue weighted by atomic mass is 16.6. The van der Waals surface area contributed by atoms with Crippen LogP contribution in [0.5, 0.6) is 0 Å². The smallest absolute Gasteiger partial charge is 0.306 e. The molecule has 23 heavy (non-hydrogen) atoms. The van der Waals surface area contributed by atoms with E-state index in [9.17, 15) is 9.59 Å². The summed E-state index contributed by atoms with van der Waals surface area (Å²) in [5.41, 5.74) is 0.140. The molecule has 2 heterocycles. The third kappa shape index (κ3) is 1.56. The maximum Gasteiger partial charge on any atom is 0.306 e. The maximum absolute atomic E-state index is 13.1. The fourth-order valence-corrected chi connectivity index (χ4v) is 4.71. The molecular weight excluding hydrogens is 296 g/mol. The number of carbonyl (C=O) groups is 2. The number of carbonyl (C=O) groups excluding carboxylic acids is 2. The Balaban J connectivity index is 1.93. The first-order chi connectivity index (χ1) is 10.9. The maximum atomic E-state index is 13.1. The second-order valence-corrected chi connectivity index (χ2v) is 7.32. The molecule has 0 N–H and O–H groups in total. The average Bonchev–Trinajstić information content (AvgIpc) is 3.17. The topological polar surface area (TPSA) is 69.0 Å². The molecule has 1 aromatic rings. The Morgan fingerprint density at radius 2 is 2.17 bits per heavy atom. The number of esters is 1. The zero-order valence-corrected chi connectivity index (χ0v) is 14.0. The zero-order chi connectivity index (χ0) is 16.6. The molecule has 1 aromatic heterocycles. The van der Waals surface area contributed by atoms with Crippen LogP contribution in [0.25, 0.3) is 0 Å². The first-order valence-corrected chi connectivity index (χ1v) is 8.38. The fraction of sp³-hybridized carbons (Fsp3) is 0.667. The lowest BCUT2D eigenvalue weighted by Crippen LogP contribution is -2.57. The molecule has 1 spiro atoms. The van der Waals surface area contributed by atoms with Gasteiger partial charge in [0.25, 0.3) is 0 Å². The summed E-state index contributed by atoms with van der Waals surface area (Å²) in [5.74, 6) is 0.179. The van der Waals surface area contributed by atoms with Crippen LogP contribution in [0.15, 0.2) is 10.7 Å². The lowest BCUT2D eigenvalue weighted by molar-refractivity contribution is -0.165.